The number of aromatic nitrogens is 1. The van der Waals surface area contributed by atoms with Crippen LogP contribution in [0.25, 0.3) is 0 Å². The van der Waals surface area contributed by atoms with E-state index in [2.05, 4.69) is 38.9 Å². The van der Waals surface area contributed by atoms with Crippen LogP contribution < -0.4 is 4.74 Å². The Kier molecular flexibility index (Phi) is 5.97. The molecule has 2 aromatic rings. The van der Waals surface area contributed by atoms with Crippen molar-refractivity contribution in [2.75, 3.05) is 13.6 Å². The second-order valence-corrected chi connectivity index (χ2v) is 6.81. The van der Waals surface area contributed by atoms with Crippen LogP contribution in [0.3, 0.4) is 0 Å². The Hall–Kier alpha value is -1.40. The van der Waals surface area contributed by atoms with Gasteiger partial charge in [-0.1, -0.05) is 6.07 Å². The number of aryl methyl sites for hydroxylation is 1. The number of nitrogens with zero attached hydrogens (tertiary/aromatic N) is 3. The number of aliphatic imine (C=N–C) groups is 1. The van der Waals surface area contributed by atoms with Crippen LogP contribution in [0, 0.1) is 6.92 Å². The molecule has 0 aliphatic carbocycles. The summed E-state index contributed by atoms with van der Waals surface area (Å²) < 4.78 is 6.78. The standard InChI is InChI=1S/C16H20BrN3OS/c1-5-20(4)10-18-14-9-13(17)16(19-11(14)2)21-12(3)15-7-6-8-22-15/h6-10,12H,5H2,1-4H3/b18-10+. The largest absolute Gasteiger partial charge is 0.468 e. The fourth-order valence-electron chi connectivity index (χ4n) is 1.75. The molecule has 1 atom stereocenters. The second kappa shape index (κ2) is 7.74. The Morgan fingerprint density at radius 2 is 2.32 bits per heavy atom. The lowest BCUT2D eigenvalue weighted by Gasteiger charge is -2.15. The van der Waals surface area contributed by atoms with E-state index in [4.69, 9.17) is 4.74 Å². The summed E-state index contributed by atoms with van der Waals surface area (Å²) in [6.07, 6.45) is 1.79. The van der Waals surface area contributed by atoms with E-state index in [1.54, 1.807) is 11.3 Å². The average molecular weight is 382 g/mol. The maximum atomic E-state index is 5.96. The molecule has 0 bridgehead atoms. The lowest BCUT2D eigenvalue weighted by atomic mass is 10.3. The van der Waals surface area contributed by atoms with Crippen molar-refractivity contribution in [1.82, 2.24) is 9.88 Å². The maximum Gasteiger partial charge on any atom is 0.228 e. The first kappa shape index (κ1) is 17.0. The Balaban J connectivity index is 2.17. The molecule has 0 amide bonds. The highest BCUT2D eigenvalue weighted by atomic mass is 79.9. The Morgan fingerprint density at radius 3 is 2.95 bits per heavy atom. The molecule has 0 saturated heterocycles. The van der Waals surface area contributed by atoms with Crippen LogP contribution in [0.15, 0.2) is 33.0 Å². The molecule has 0 aromatic carbocycles. The molecule has 0 N–H and O–H groups in total. The van der Waals surface area contributed by atoms with Crippen LogP contribution in [0.2, 0.25) is 0 Å². The van der Waals surface area contributed by atoms with Gasteiger partial charge >= 0.3 is 0 Å². The first-order valence-electron chi connectivity index (χ1n) is 7.13. The molecule has 0 fully saturated rings. The molecule has 2 aromatic heterocycles. The Labute approximate surface area is 144 Å². The van der Waals surface area contributed by atoms with E-state index in [1.807, 2.05) is 49.6 Å². The molecule has 6 heteroatoms. The summed E-state index contributed by atoms with van der Waals surface area (Å²) in [5, 5.41) is 2.05. The van der Waals surface area contributed by atoms with E-state index in [-0.39, 0.29) is 6.10 Å². The number of rotatable bonds is 6. The molecular formula is C16H20BrN3OS. The van der Waals surface area contributed by atoms with Gasteiger partial charge in [-0.05, 0) is 54.2 Å². The van der Waals surface area contributed by atoms with Crippen molar-refractivity contribution in [3.63, 3.8) is 0 Å². The third-order valence-corrected chi connectivity index (χ3v) is 4.83. The van der Waals surface area contributed by atoms with Crippen LogP contribution in [0.4, 0.5) is 5.69 Å². The zero-order valence-electron chi connectivity index (χ0n) is 13.2. The SMILES string of the molecule is CCN(C)/C=N/c1cc(Br)c(OC(C)c2cccs2)nc1C. The normalized spacial score (nSPS) is 12.6. The van der Waals surface area contributed by atoms with Crippen LogP contribution in [0.5, 0.6) is 5.88 Å². The minimum Gasteiger partial charge on any atom is -0.468 e. The molecule has 0 radical (unpaired) electrons. The highest BCUT2D eigenvalue weighted by molar-refractivity contribution is 9.10. The summed E-state index contributed by atoms with van der Waals surface area (Å²) in [4.78, 5) is 12.2. The highest BCUT2D eigenvalue weighted by Crippen LogP contribution is 2.33. The predicted octanol–water partition coefficient (Wildman–Crippen LogP) is 4.97. The number of hydrogen-bond donors (Lipinski definition) is 0. The van der Waals surface area contributed by atoms with E-state index in [0.29, 0.717) is 5.88 Å². The van der Waals surface area contributed by atoms with Crippen molar-refractivity contribution in [2.45, 2.75) is 26.9 Å². The van der Waals surface area contributed by atoms with Gasteiger partial charge in [-0.2, -0.15) is 0 Å². The fraction of sp³-hybridized carbons (Fsp3) is 0.375. The lowest BCUT2D eigenvalue weighted by molar-refractivity contribution is 0.219. The van der Waals surface area contributed by atoms with Gasteiger partial charge in [-0.25, -0.2) is 9.98 Å². The topological polar surface area (TPSA) is 37.7 Å². The van der Waals surface area contributed by atoms with Gasteiger partial charge in [-0.15, -0.1) is 11.3 Å². The van der Waals surface area contributed by atoms with Crippen molar-refractivity contribution in [1.29, 1.82) is 0 Å². The summed E-state index contributed by atoms with van der Waals surface area (Å²) >= 11 is 5.21. The van der Waals surface area contributed by atoms with Gasteiger partial charge in [0, 0.05) is 18.5 Å². The Bertz CT molecular complexity index is 643. The number of ether oxygens (including phenoxy) is 1. The van der Waals surface area contributed by atoms with Gasteiger partial charge in [0.25, 0.3) is 0 Å². The van der Waals surface area contributed by atoms with E-state index in [1.165, 1.54) is 4.88 Å². The van der Waals surface area contributed by atoms with Crippen LogP contribution in [-0.2, 0) is 0 Å². The molecule has 2 heterocycles. The molecule has 0 saturated carbocycles. The zero-order valence-corrected chi connectivity index (χ0v) is 15.6. The van der Waals surface area contributed by atoms with Gasteiger partial charge in [0.05, 0.1) is 22.2 Å². The highest BCUT2D eigenvalue weighted by Gasteiger charge is 2.13. The minimum absolute atomic E-state index is 0.0243. The van der Waals surface area contributed by atoms with Gasteiger partial charge in [0.15, 0.2) is 0 Å². The van der Waals surface area contributed by atoms with Gasteiger partial charge in [0.1, 0.15) is 6.10 Å². The molecule has 1 unspecified atom stereocenters. The molecule has 22 heavy (non-hydrogen) atoms. The summed E-state index contributed by atoms with van der Waals surface area (Å²) in [5.41, 5.74) is 1.68. The zero-order chi connectivity index (χ0) is 16.1. The van der Waals surface area contributed by atoms with Gasteiger partial charge in [-0.3, -0.25) is 0 Å². The van der Waals surface area contributed by atoms with Gasteiger partial charge < -0.3 is 9.64 Å². The summed E-state index contributed by atoms with van der Waals surface area (Å²) in [6.45, 7) is 6.96. The van der Waals surface area contributed by atoms with E-state index < -0.39 is 0 Å². The molecule has 2 rings (SSSR count). The summed E-state index contributed by atoms with van der Waals surface area (Å²) in [6, 6.07) is 6.03. The molecule has 118 valence electrons. The van der Waals surface area contributed by atoms with Crippen molar-refractivity contribution >= 4 is 39.3 Å². The summed E-state index contributed by atoms with van der Waals surface area (Å²) in [7, 11) is 1.99. The average Bonchev–Trinajstić information content (AvgIpc) is 3.03. The second-order valence-electron chi connectivity index (χ2n) is 4.97. The molecule has 0 aliphatic rings. The number of hydrogen-bond acceptors (Lipinski definition) is 4. The van der Waals surface area contributed by atoms with Crippen LogP contribution in [-0.4, -0.2) is 29.8 Å². The number of thiophene rings is 1. The minimum atomic E-state index is -0.0243. The van der Waals surface area contributed by atoms with Crippen molar-refractivity contribution in [3.05, 3.63) is 38.6 Å². The molecule has 0 spiro atoms. The van der Waals surface area contributed by atoms with Crippen molar-refractivity contribution in [3.8, 4) is 5.88 Å². The third kappa shape index (κ3) is 4.30. The number of halogens is 1. The smallest absolute Gasteiger partial charge is 0.228 e. The van der Waals surface area contributed by atoms with Crippen LogP contribution >= 0.6 is 27.3 Å². The molecule has 4 nitrogen and oxygen atoms in total. The summed E-state index contributed by atoms with van der Waals surface area (Å²) in [5.74, 6) is 0.598. The third-order valence-electron chi connectivity index (χ3n) is 3.23. The van der Waals surface area contributed by atoms with Crippen molar-refractivity contribution in [2.24, 2.45) is 4.99 Å². The first-order chi connectivity index (χ1) is 10.5. The first-order valence-corrected chi connectivity index (χ1v) is 8.80. The Morgan fingerprint density at radius 1 is 1.55 bits per heavy atom. The quantitative estimate of drug-likeness (QED) is 0.523. The van der Waals surface area contributed by atoms with E-state index in [0.717, 1.165) is 22.4 Å². The van der Waals surface area contributed by atoms with Gasteiger partial charge in [0.2, 0.25) is 5.88 Å². The van der Waals surface area contributed by atoms with E-state index in [9.17, 15) is 0 Å². The predicted molar refractivity (Wildman–Crippen MR) is 96.5 cm³/mol. The maximum absolute atomic E-state index is 5.96. The molecular weight excluding hydrogens is 362 g/mol. The fourth-order valence-corrected chi connectivity index (χ4v) is 2.86. The van der Waals surface area contributed by atoms with Crippen LogP contribution in [0.1, 0.15) is 30.5 Å². The lowest BCUT2D eigenvalue weighted by Crippen LogP contribution is -2.14. The molecule has 0 aliphatic heterocycles. The van der Waals surface area contributed by atoms with Crippen molar-refractivity contribution < 1.29 is 4.74 Å². The number of pyridine rings is 1. The monoisotopic (exact) mass is 381 g/mol. The van der Waals surface area contributed by atoms with E-state index >= 15 is 0 Å².